The number of hydrogen-bond donors (Lipinski definition) is 0. The monoisotopic (exact) mass is 220 g/mol. The number of methoxy groups -OCH3 is 1. The van der Waals surface area contributed by atoms with Crippen LogP contribution in [-0.4, -0.2) is 19.3 Å². The highest BCUT2D eigenvalue weighted by Gasteiger charge is 2.38. The number of rotatable bonds is 4. The fourth-order valence-electron chi connectivity index (χ4n) is 2.33. The van der Waals surface area contributed by atoms with Gasteiger partial charge >= 0.3 is 0 Å². The molecule has 0 saturated carbocycles. The number of aryl methyl sites for hydroxylation is 1. The second-order valence-electron chi connectivity index (χ2n) is 4.80. The maximum Gasteiger partial charge on any atom is 0.122 e. The molecule has 1 heterocycles. The molecule has 0 aliphatic carbocycles. The highest BCUT2D eigenvalue weighted by Crippen LogP contribution is 2.33. The fraction of sp³-hybridized carbons (Fsp3) is 0.571. The lowest BCUT2D eigenvalue weighted by Crippen LogP contribution is -2.10. The van der Waals surface area contributed by atoms with E-state index in [-0.39, 0.29) is 0 Å². The molecule has 16 heavy (non-hydrogen) atoms. The summed E-state index contributed by atoms with van der Waals surface area (Å²) in [5, 5.41) is 0. The summed E-state index contributed by atoms with van der Waals surface area (Å²) in [4.78, 5) is 0. The molecule has 2 heteroatoms. The van der Waals surface area contributed by atoms with Crippen molar-refractivity contribution >= 4 is 0 Å². The zero-order valence-electron chi connectivity index (χ0n) is 10.5. The highest BCUT2D eigenvalue weighted by molar-refractivity contribution is 5.37. The topological polar surface area (TPSA) is 21.8 Å². The van der Waals surface area contributed by atoms with Gasteiger partial charge in [0.15, 0.2) is 0 Å². The van der Waals surface area contributed by atoms with Crippen molar-refractivity contribution in [1.29, 1.82) is 0 Å². The van der Waals surface area contributed by atoms with Crippen molar-refractivity contribution in [3.05, 3.63) is 29.3 Å². The summed E-state index contributed by atoms with van der Waals surface area (Å²) >= 11 is 0. The summed E-state index contributed by atoms with van der Waals surface area (Å²) in [5.41, 5.74) is 2.57. The quantitative estimate of drug-likeness (QED) is 0.728. The van der Waals surface area contributed by atoms with E-state index in [1.807, 2.05) is 0 Å². The van der Waals surface area contributed by atoms with E-state index in [1.165, 1.54) is 11.1 Å². The maximum absolute atomic E-state index is 5.51. The summed E-state index contributed by atoms with van der Waals surface area (Å²) in [6.07, 6.45) is 1.90. The average molecular weight is 220 g/mol. The molecule has 3 unspecified atom stereocenters. The molecule has 1 aromatic carbocycles. The first-order chi connectivity index (χ1) is 7.61. The van der Waals surface area contributed by atoms with Crippen molar-refractivity contribution in [3.8, 4) is 5.75 Å². The average Bonchev–Trinajstić information content (AvgIpc) is 2.96. The SMILES string of the molecule is COc1ccc(C)cc1CC(C)C1OC1C. The van der Waals surface area contributed by atoms with E-state index in [0.717, 1.165) is 12.2 Å². The predicted molar refractivity (Wildman–Crippen MR) is 64.9 cm³/mol. The smallest absolute Gasteiger partial charge is 0.122 e. The molecule has 0 amide bonds. The first-order valence-corrected chi connectivity index (χ1v) is 5.90. The van der Waals surface area contributed by atoms with Gasteiger partial charge < -0.3 is 9.47 Å². The van der Waals surface area contributed by atoms with Gasteiger partial charge in [-0.05, 0) is 37.8 Å². The van der Waals surface area contributed by atoms with E-state index in [9.17, 15) is 0 Å². The van der Waals surface area contributed by atoms with Crippen molar-refractivity contribution < 1.29 is 9.47 Å². The predicted octanol–water partition coefficient (Wildman–Crippen LogP) is 2.97. The third kappa shape index (κ3) is 2.38. The Kier molecular flexibility index (Phi) is 3.20. The molecular weight excluding hydrogens is 200 g/mol. The molecule has 0 N–H and O–H groups in total. The molecular formula is C14H20O2. The molecule has 0 spiro atoms. The van der Waals surface area contributed by atoms with Gasteiger partial charge in [0.2, 0.25) is 0 Å². The summed E-state index contributed by atoms with van der Waals surface area (Å²) in [6, 6.07) is 6.35. The number of ether oxygens (including phenoxy) is 2. The Morgan fingerprint density at radius 2 is 2.12 bits per heavy atom. The van der Waals surface area contributed by atoms with Gasteiger partial charge in [-0.3, -0.25) is 0 Å². The van der Waals surface area contributed by atoms with Gasteiger partial charge in [-0.25, -0.2) is 0 Å². The van der Waals surface area contributed by atoms with Crippen molar-refractivity contribution in [2.75, 3.05) is 7.11 Å². The summed E-state index contributed by atoms with van der Waals surface area (Å²) in [5.74, 6) is 1.55. The molecule has 3 atom stereocenters. The van der Waals surface area contributed by atoms with Crippen LogP contribution in [0.1, 0.15) is 25.0 Å². The van der Waals surface area contributed by atoms with E-state index in [2.05, 4.69) is 39.0 Å². The van der Waals surface area contributed by atoms with Gasteiger partial charge in [0.05, 0.1) is 19.3 Å². The molecule has 1 aliphatic heterocycles. The zero-order chi connectivity index (χ0) is 11.7. The minimum absolute atomic E-state index is 0.435. The van der Waals surface area contributed by atoms with E-state index >= 15 is 0 Å². The van der Waals surface area contributed by atoms with E-state index < -0.39 is 0 Å². The minimum atomic E-state index is 0.435. The van der Waals surface area contributed by atoms with Crippen molar-refractivity contribution in [3.63, 3.8) is 0 Å². The Hall–Kier alpha value is -1.02. The third-order valence-electron chi connectivity index (χ3n) is 3.30. The number of epoxide rings is 1. The Labute approximate surface area is 97.6 Å². The van der Waals surface area contributed by atoms with Crippen molar-refractivity contribution in [2.24, 2.45) is 5.92 Å². The molecule has 88 valence electrons. The first-order valence-electron chi connectivity index (χ1n) is 5.90. The molecule has 2 nitrogen and oxygen atoms in total. The first kappa shape index (κ1) is 11.5. The van der Waals surface area contributed by atoms with Crippen LogP contribution in [0.5, 0.6) is 5.75 Å². The van der Waals surface area contributed by atoms with Crippen LogP contribution in [-0.2, 0) is 11.2 Å². The van der Waals surface area contributed by atoms with Crippen LogP contribution in [0.15, 0.2) is 18.2 Å². The van der Waals surface area contributed by atoms with Gasteiger partial charge in [0, 0.05) is 0 Å². The Morgan fingerprint density at radius 3 is 2.69 bits per heavy atom. The van der Waals surface area contributed by atoms with Crippen molar-refractivity contribution in [2.45, 2.75) is 39.4 Å². The summed E-state index contributed by atoms with van der Waals surface area (Å²) in [7, 11) is 1.73. The van der Waals surface area contributed by atoms with Gasteiger partial charge in [-0.15, -0.1) is 0 Å². The van der Waals surface area contributed by atoms with Gasteiger partial charge in [0.25, 0.3) is 0 Å². The highest BCUT2D eigenvalue weighted by atomic mass is 16.6. The molecule has 0 bridgehead atoms. The largest absolute Gasteiger partial charge is 0.496 e. The lowest BCUT2D eigenvalue weighted by Gasteiger charge is -2.13. The van der Waals surface area contributed by atoms with Crippen LogP contribution in [0.4, 0.5) is 0 Å². The van der Waals surface area contributed by atoms with E-state index in [0.29, 0.717) is 18.1 Å². The molecule has 0 radical (unpaired) electrons. The van der Waals surface area contributed by atoms with Crippen molar-refractivity contribution in [1.82, 2.24) is 0 Å². The Morgan fingerprint density at radius 1 is 1.44 bits per heavy atom. The molecule has 0 aromatic heterocycles. The number of hydrogen-bond acceptors (Lipinski definition) is 2. The lowest BCUT2D eigenvalue weighted by atomic mass is 9.95. The Bertz CT molecular complexity index is 373. The van der Waals surface area contributed by atoms with Crippen LogP contribution < -0.4 is 4.74 Å². The van der Waals surface area contributed by atoms with Crippen LogP contribution in [0.25, 0.3) is 0 Å². The normalized spacial score (nSPS) is 25.2. The lowest BCUT2D eigenvalue weighted by molar-refractivity contribution is 0.325. The standard InChI is InChI=1S/C14H20O2/c1-9-5-6-13(15-4)12(7-9)8-10(2)14-11(3)16-14/h5-7,10-11,14H,8H2,1-4H3. The number of benzene rings is 1. The third-order valence-corrected chi connectivity index (χ3v) is 3.30. The van der Waals surface area contributed by atoms with E-state index in [1.54, 1.807) is 7.11 Å². The molecule has 1 aliphatic rings. The van der Waals surface area contributed by atoms with Gasteiger partial charge in [-0.2, -0.15) is 0 Å². The van der Waals surface area contributed by atoms with Crippen LogP contribution in [0.3, 0.4) is 0 Å². The fourth-order valence-corrected chi connectivity index (χ4v) is 2.33. The second-order valence-corrected chi connectivity index (χ2v) is 4.80. The second kappa shape index (κ2) is 4.46. The van der Waals surface area contributed by atoms with E-state index in [4.69, 9.17) is 9.47 Å². The summed E-state index contributed by atoms with van der Waals surface area (Å²) < 4.78 is 10.9. The van der Waals surface area contributed by atoms with Crippen LogP contribution in [0, 0.1) is 12.8 Å². The minimum Gasteiger partial charge on any atom is -0.496 e. The van der Waals surface area contributed by atoms with Gasteiger partial charge in [-0.1, -0.05) is 24.6 Å². The molecule has 1 fully saturated rings. The molecule has 1 saturated heterocycles. The zero-order valence-corrected chi connectivity index (χ0v) is 10.5. The summed E-state index contributed by atoms with van der Waals surface area (Å²) in [6.45, 7) is 6.49. The molecule has 1 aromatic rings. The van der Waals surface area contributed by atoms with Crippen LogP contribution in [0.2, 0.25) is 0 Å². The molecule has 2 rings (SSSR count). The van der Waals surface area contributed by atoms with Gasteiger partial charge in [0.1, 0.15) is 5.75 Å². The maximum atomic E-state index is 5.51. The van der Waals surface area contributed by atoms with Crippen LogP contribution >= 0.6 is 0 Å². The Balaban J connectivity index is 2.10.